The van der Waals surface area contributed by atoms with Crippen LogP contribution in [0.4, 0.5) is 0 Å². The molecule has 114 valence electrons. The first kappa shape index (κ1) is 14.6. The average molecular weight is 299 g/mol. The molecule has 3 saturated heterocycles. The quantitative estimate of drug-likeness (QED) is 0.796. The molecular weight excluding hydrogens is 274 g/mol. The molecule has 0 aliphatic carbocycles. The van der Waals surface area contributed by atoms with Gasteiger partial charge in [0.1, 0.15) is 0 Å². The molecule has 20 heavy (non-hydrogen) atoms. The number of piperazine rings is 1. The molecule has 0 saturated carbocycles. The second-order valence-corrected chi connectivity index (χ2v) is 6.99. The minimum absolute atomic E-state index is 0.0402. The highest BCUT2D eigenvalue weighted by molar-refractivity contribution is 7.99. The van der Waals surface area contributed by atoms with Gasteiger partial charge in [0.15, 0.2) is 0 Å². The summed E-state index contributed by atoms with van der Waals surface area (Å²) in [7, 11) is 0. The molecule has 2 unspecified atom stereocenters. The molecule has 1 amide bonds. The van der Waals surface area contributed by atoms with Crippen LogP contribution in [0.2, 0.25) is 0 Å². The van der Waals surface area contributed by atoms with Crippen LogP contribution in [0.5, 0.6) is 0 Å². The lowest BCUT2D eigenvalue weighted by molar-refractivity contribution is -0.134. The molecule has 0 aromatic heterocycles. The van der Waals surface area contributed by atoms with E-state index in [0.29, 0.717) is 12.0 Å². The van der Waals surface area contributed by atoms with E-state index in [0.717, 1.165) is 57.4 Å². The van der Waals surface area contributed by atoms with E-state index in [4.69, 9.17) is 4.74 Å². The van der Waals surface area contributed by atoms with Crippen molar-refractivity contribution < 1.29 is 9.53 Å². The van der Waals surface area contributed by atoms with Crippen molar-refractivity contribution in [2.75, 3.05) is 57.4 Å². The molecule has 3 rings (SSSR count). The first-order valence-corrected chi connectivity index (χ1v) is 8.92. The Kier molecular flexibility index (Phi) is 5.20. The van der Waals surface area contributed by atoms with Crippen LogP contribution in [0.1, 0.15) is 12.8 Å². The molecule has 3 heterocycles. The number of carbonyl (C=O) groups is 1. The number of rotatable bonds is 3. The molecule has 5 nitrogen and oxygen atoms in total. The summed E-state index contributed by atoms with van der Waals surface area (Å²) in [4.78, 5) is 16.9. The van der Waals surface area contributed by atoms with Crippen molar-refractivity contribution in [1.29, 1.82) is 0 Å². The van der Waals surface area contributed by atoms with Crippen LogP contribution in [0.3, 0.4) is 0 Å². The fraction of sp³-hybridized carbons (Fsp3) is 0.929. The smallest absolute Gasteiger partial charge is 0.240 e. The Morgan fingerprint density at radius 1 is 1.30 bits per heavy atom. The third-order valence-corrected chi connectivity index (χ3v) is 5.45. The van der Waals surface area contributed by atoms with Gasteiger partial charge < -0.3 is 15.0 Å². The van der Waals surface area contributed by atoms with Gasteiger partial charge in [-0.2, -0.15) is 11.8 Å². The highest BCUT2D eigenvalue weighted by Gasteiger charge is 2.29. The summed E-state index contributed by atoms with van der Waals surface area (Å²) >= 11 is 1.88. The Balaban J connectivity index is 1.41. The zero-order valence-electron chi connectivity index (χ0n) is 12.1. The van der Waals surface area contributed by atoms with Crippen LogP contribution in [0.25, 0.3) is 0 Å². The molecule has 3 fully saturated rings. The maximum Gasteiger partial charge on any atom is 0.240 e. The molecule has 3 aliphatic heterocycles. The number of hydrogen-bond donors (Lipinski definition) is 1. The Bertz CT molecular complexity index is 322. The molecule has 2 atom stereocenters. The molecule has 0 spiro atoms. The van der Waals surface area contributed by atoms with Gasteiger partial charge in [0.2, 0.25) is 5.91 Å². The van der Waals surface area contributed by atoms with Gasteiger partial charge in [-0.1, -0.05) is 0 Å². The standard InChI is InChI=1S/C14H25N3O2S/c18-14(13-11-20-9-3-15-13)17-6-4-16(5-7-17)10-12-2-1-8-19-12/h12-13,15H,1-11H2. The number of amides is 1. The third kappa shape index (κ3) is 3.67. The lowest BCUT2D eigenvalue weighted by Crippen LogP contribution is -2.56. The molecule has 3 aliphatic rings. The molecule has 0 aromatic carbocycles. The first-order chi connectivity index (χ1) is 9.83. The van der Waals surface area contributed by atoms with Gasteiger partial charge >= 0.3 is 0 Å². The molecule has 1 N–H and O–H groups in total. The highest BCUT2D eigenvalue weighted by atomic mass is 32.2. The van der Waals surface area contributed by atoms with E-state index >= 15 is 0 Å². The van der Waals surface area contributed by atoms with Crippen molar-refractivity contribution in [3.05, 3.63) is 0 Å². The third-order valence-electron chi connectivity index (χ3n) is 4.39. The van der Waals surface area contributed by atoms with Crippen LogP contribution in [0.15, 0.2) is 0 Å². The van der Waals surface area contributed by atoms with E-state index in [1.54, 1.807) is 0 Å². The fourth-order valence-electron chi connectivity index (χ4n) is 3.17. The zero-order chi connectivity index (χ0) is 13.8. The van der Waals surface area contributed by atoms with Crippen molar-refractivity contribution in [2.45, 2.75) is 25.0 Å². The molecule has 6 heteroatoms. The van der Waals surface area contributed by atoms with Gasteiger partial charge in [-0.3, -0.25) is 9.69 Å². The van der Waals surface area contributed by atoms with Gasteiger partial charge in [0.25, 0.3) is 0 Å². The Morgan fingerprint density at radius 3 is 2.80 bits per heavy atom. The Labute approximate surface area is 125 Å². The first-order valence-electron chi connectivity index (χ1n) is 7.77. The van der Waals surface area contributed by atoms with E-state index in [1.807, 2.05) is 16.7 Å². The van der Waals surface area contributed by atoms with Crippen molar-refractivity contribution in [1.82, 2.24) is 15.1 Å². The maximum atomic E-state index is 12.4. The van der Waals surface area contributed by atoms with Crippen molar-refractivity contribution >= 4 is 17.7 Å². The van der Waals surface area contributed by atoms with Gasteiger partial charge in [-0.25, -0.2) is 0 Å². The van der Waals surface area contributed by atoms with Crippen molar-refractivity contribution in [3.8, 4) is 0 Å². The summed E-state index contributed by atoms with van der Waals surface area (Å²) in [6.07, 6.45) is 2.82. The summed E-state index contributed by atoms with van der Waals surface area (Å²) in [5.41, 5.74) is 0. The lowest BCUT2D eigenvalue weighted by Gasteiger charge is -2.37. The number of carbonyl (C=O) groups excluding carboxylic acids is 1. The van der Waals surface area contributed by atoms with Crippen LogP contribution in [-0.2, 0) is 9.53 Å². The molecular formula is C14H25N3O2S. The molecule has 0 aromatic rings. The van der Waals surface area contributed by atoms with Gasteiger partial charge in [-0.05, 0) is 12.8 Å². The predicted molar refractivity (Wildman–Crippen MR) is 81.1 cm³/mol. The van der Waals surface area contributed by atoms with Crippen molar-refractivity contribution in [3.63, 3.8) is 0 Å². The summed E-state index contributed by atoms with van der Waals surface area (Å²) in [6.45, 7) is 6.65. The van der Waals surface area contributed by atoms with E-state index in [-0.39, 0.29) is 6.04 Å². The summed E-state index contributed by atoms with van der Waals surface area (Å²) in [5, 5.41) is 3.34. The topological polar surface area (TPSA) is 44.8 Å². The Morgan fingerprint density at radius 2 is 2.15 bits per heavy atom. The average Bonchev–Trinajstić information content (AvgIpc) is 3.01. The van der Waals surface area contributed by atoms with Crippen LogP contribution in [0, 0.1) is 0 Å². The van der Waals surface area contributed by atoms with Crippen LogP contribution >= 0.6 is 11.8 Å². The fourth-order valence-corrected chi connectivity index (χ4v) is 4.10. The molecule has 0 radical (unpaired) electrons. The number of hydrogen-bond acceptors (Lipinski definition) is 5. The van der Waals surface area contributed by atoms with Crippen molar-refractivity contribution in [2.24, 2.45) is 0 Å². The number of nitrogens with zero attached hydrogens (tertiary/aromatic N) is 2. The minimum Gasteiger partial charge on any atom is -0.377 e. The summed E-state index contributed by atoms with van der Waals surface area (Å²) < 4.78 is 5.69. The van der Waals surface area contributed by atoms with E-state index in [1.165, 1.54) is 12.8 Å². The Hall–Kier alpha value is -0.300. The molecule has 0 bridgehead atoms. The van der Waals surface area contributed by atoms with Crippen LogP contribution in [-0.4, -0.2) is 85.2 Å². The second kappa shape index (κ2) is 7.11. The zero-order valence-corrected chi connectivity index (χ0v) is 12.9. The minimum atomic E-state index is 0.0402. The van der Waals surface area contributed by atoms with Gasteiger partial charge in [-0.15, -0.1) is 0 Å². The van der Waals surface area contributed by atoms with Gasteiger partial charge in [0, 0.05) is 57.4 Å². The second-order valence-electron chi connectivity index (χ2n) is 5.84. The normalized spacial score (nSPS) is 32.5. The lowest BCUT2D eigenvalue weighted by atomic mass is 10.2. The summed E-state index contributed by atoms with van der Waals surface area (Å²) in [5.74, 6) is 2.35. The van der Waals surface area contributed by atoms with E-state index < -0.39 is 0 Å². The van der Waals surface area contributed by atoms with Gasteiger partial charge in [0.05, 0.1) is 12.1 Å². The maximum absolute atomic E-state index is 12.4. The number of ether oxygens (including phenoxy) is 1. The SMILES string of the molecule is O=C(C1CSCCN1)N1CCN(CC2CCCO2)CC1. The predicted octanol–water partition coefficient (Wildman–Crippen LogP) is 0.0146. The van der Waals surface area contributed by atoms with Crippen LogP contribution < -0.4 is 5.32 Å². The monoisotopic (exact) mass is 299 g/mol. The largest absolute Gasteiger partial charge is 0.377 e. The van der Waals surface area contributed by atoms with E-state index in [9.17, 15) is 4.79 Å². The summed E-state index contributed by atoms with van der Waals surface area (Å²) in [6, 6.07) is 0.0402. The number of nitrogens with one attached hydrogen (secondary N) is 1. The number of thioether (sulfide) groups is 1. The van der Waals surface area contributed by atoms with E-state index in [2.05, 4.69) is 10.2 Å². The highest BCUT2D eigenvalue weighted by Crippen LogP contribution is 2.15.